The van der Waals surface area contributed by atoms with Gasteiger partial charge in [-0.1, -0.05) is 78.0 Å². The van der Waals surface area contributed by atoms with E-state index in [1.165, 1.54) is 33.2 Å². The molecule has 4 nitrogen and oxygen atoms in total. The number of benzene rings is 4. The van der Waals surface area contributed by atoms with Crippen LogP contribution in [0.15, 0.2) is 84.9 Å². The van der Waals surface area contributed by atoms with Crippen LogP contribution in [0.25, 0.3) is 33.8 Å². The molecule has 5 aromatic rings. The quantitative estimate of drug-likeness (QED) is 0.207. The van der Waals surface area contributed by atoms with Crippen LogP contribution in [0.5, 0.6) is 0 Å². The number of anilines is 2. The van der Waals surface area contributed by atoms with E-state index in [1.807, 2.05) is 18.2 Å². The van der Waals surface area contributed by atoms with Crippen LogP contribution in [0.2, 0.25) is 0 Å². The minimum Gasteiger partial charge on any atom is -0.336 e. The molecule has 0 amide bonds. The second kappa shape index (κ2) is 10.3. The molecular formula is C41H38N4. The van der Waals surface area contributed by atoms with Crippen LogP contribution < -0.4 is 4.90 Å². The predicted octanol–water partition coefficient (Wildman–Crippen LogP) is 10.1. The highest BCUT2D eigenvalue weighted by molar-refractivity contribution is 5.92. The molecule has 1 aliphatic heterocycles. The lowest BCUT2D eigenvalue weighted by atomic mass is 9.82. The summed E-state index contributed by atoms with van der Waals surface area (Å²) in [5, 5.41) is 20.8. The van der Waals surface area contributed by atoms with Gasteiger partial charge < -0.3 is 9.47 Å². The summed E-state index contributed by atoms with van der Waals surface area (Å²) >= 11 is 0. The molecule has 0 bridgehead atoms. The van der Waals surface area contributed by atoms with Crippen molar-refractivity contribution in [2.75, 3.05) is 4.90 Å². The maximum Gasteiger partial charge on any atom is 0.0991 e. The smallest absolute Gasteiger partial charge is 0.0991 e. The Balaban J connectivity index is 1.39. The number of hydrogen-bond donors (Lipinski definition) is 0. The number of rotatable bonds is 2. The third kappa shape index (κ3) is 4.83. The molecule has 4 heteroatoms. The average Bonchev–Trinajstić information content (AvgIpc) is 3.36. The molecule has 222 valence electrons. The zero-order valence-electron chi connectivity index (χ0n) is 26.9. The molecule has 2 heterocycles. The number of aromatic nitrogens is 1. The summed E-state index contributed by atoms with van der Waals surface area (Å²) in [7, 11) is 0. The van der Waals surface area contributed by atoms with Crippen molar-refractivity contribution in [2.45, 2.75) is 65.3 Å². The van der Waals surface area contributed by atoms with Gasteiger partial charge in [-0.2, -0.15) is 10.5 Å². The molecule has 0 radical (unpaired) electrons. The average molecular weight is 587 g/mol. The molecular weight excluding hydrogens is 548 g/mol. The molecule has 0 saturated carbocycles. The van der Waals surface area contributed by atoms with E-state index in [9.17, 15) is 10.5 Å². The normalized spacial score (nSPS) is 15.6. The first-order chi connectivity index (χ1) is 21.5. The van der Waals surface area contributed by atoms with Gasteiger partial charge in [0, 0.05) is 40.3 Å². The van der Waals surface area contributed by atoms with Crippen LogP contribution >= 0.6 is 0 Å². The molecule has 0 fully saturated rings. The van der Waals surface area contributed by atoms with Gasteiger partial charge in [0.1, 0.15) is 0 Å². The van der Waals surface area contributed by atoms with Crippen LogP contribution in [-0.2, 0) is 23.8 Å². The highest BCUT2D eigenvalue weighted by atomic mass is 15.1. The summed E-state index contributed by atoms with van der Waals surface area (Å²) in [4.78, 5) is 2.37. The van der Waals surface area contributed by atoms with Crippen molar-refractivity contribution >= 4 is 28.4 Å². The summed E-state index contributed by atoms with van der Waals surface area (Å²) in [5.41, 5.74) is 13.7. The lowest BCUT2D eigenvalue weighted by Crippen LogP contribution is -2.22. The standard InChI is InChI=1S/C41H38N4/c1-40(2,3)29-13-12-28-25-44(37-15-10-26(23-42)18-34(37)33(28)20-29)31-8-7-9-32(22-31)45-38-16-11-27(24-43)19-35(38)36-21-30(41(4,5)6)14-17-39(36)45/h7-18,20-22,27H,19,25H2,1-6H3. The zero-order chi connectivity index (χ0) is 31.7. The Labute approximate surface area is 266 Å². The van der Waals surface area contributed by atoms with Gasteiger partial charge >= 0.3 is 0 Å². The summed E-state index contributed by atoms with van der Waals surface area (Å²) in [5.74, 6) is -0.122. The number of nitrogens with zero attached hydrogens (tertiary/aromatic N) is 4. The Hall–Kier alpha value is -5.06. The van der Waals surface area contributed by atoms with Gasteiger partial charge in [0.05, 0.1) is 29.1 Å². The van der Waals surface area contributed by atoms with Gasteiger partial charge in [0.2, 0.25) is 0 Å². The molecule has 7 rings (SSSR count). The van der Waals surface area contributed by atoms with E-state index in [-0.39, 0.29) is 16.7 Å². The first kappa shape index (κ1) is 28.7. The molecule has 1 aromatic heterocycles. The molecule has 1 atom stereocenters. The lowest BCUT2D eigenvalue weighted by Gasteiger charge is -2.34. The van der Waals surface area contributed by atoms with E-state index >= 15 is 0 Å². The molecule has 45 heavy (non-hydrogen) atoms. The van der Waals surface area contributed by atoms with E-state index < -0.39 is 0 Å². The minimum absolute atomic E-state index is 0.0270. The maximum absolute atomic E-state index is 9.78. The van der Waals surface area contributed by atoms with E-state index in [0.29, 0.717) is 12.0 Å². The van der Waals surface area contributed by atoms with Crippen molar-refractivity contribution in [1.82, 2.24) is 4.57 Å². The van der Waals surface area contributed by atoms with Crippen molar-refractivity contribution in [3.05, 3.63) is 118 Å². The van der Waals surface area contributed by atoms with Crippen molar-refractivity contribution in [2.24, 2.45) is 5.92 Å². The third-order valence-corrected chi connectivity index (χ3v) is 9.47. The van der Waals surface area contributed by atoms with E-state index in [0.717, 1.165) is 40.4 Å². The second-order valence-electron chi connectivity index (χ2n) is 14.6. The summed E-state index contributed by atoms with van der Waals surface area (Å²) in [6, 6.07) is 33.3. The van der Waals surface area contributed by atoms with Gasteiger partial charge in [-0.15, -0.1) is 0 Å². The molecule has 0 saturated heterocycles. The Morgan fingerprint density at radius 1 is 0.756 bits per heavy atom. The second-order valence-corrected chi connectivity index (χ2v) is 14.6. The van der Waals surface area contributed by atoms with Crippen molar-refractivity contribution in [1.29, 1.82) is 10.5 Å². The van der Waals surface area contributed by atoms with Crippen LogP contribution in [0.4, 0.5) is 11.4 Å². The van der Waals surface area contributed by atoms with Crippen molar-refractivity contribution < 1.29 is 0 Å². The highest BCUT2D eigenvalue weighted by Gasteiger charge is 2.28. The molecule has 0 N–H and O–H groups in total. The summed E-state index contributed by atoms with van der Waals surface area (Å²) in [6.45, 7) is 14.2. The lowest BCUT2D eigenvalue weighted by molar-refractivity contribution is 0.590. The Morgan fingerprint density at radius 2 is 1.49 bits per heavy atom. The first-order valence-electron chi connectivity index (χ1n) is 15.8. The van der Waals surface area contributed by atoms with Crippen molar-refractivity contribution in [3.8, 4) is 29.0 Å². The van der Waals surface area contributed by atoms with Gasteiger partial charge in [-0.3, -0.25) is 0 Å². The van der Waals surface area contributed by atoms with Crippen LogP contribution in [0, 0.1) is 28.6 Å². The summed E-state index contributed by atoms with van der Waals surface area (Å²) < 4.78 is 2.36. The first-order valence-corrected chi connectivity index (χ1v) is 15.8. The molecule has 1 aliphatic carbocycles. The number of allylic oxidation sites excluding steroid dienone is 1. The van der Waals surface area contributed by atoms with Gasteiger partial charge in [-0.25, -0.2) is 0 Å². The molecule has 1 unspecified atom stereocenters. The highest BCUT2D eigenvalue weighted by Crippen LogP contribution is 2.45. The topological polar surface area (TPSA) is 55.8 Å². The van der Waals surface area contributed by atoms with Gasteiger partial charge in [-0.05, 0) is 99.7 Å². The number of fused-ring (bicyclic) bond motifs is 6. The molecule has 0 spiro atoms. The fourth-order valence-electron chi connectivity index (χ4n) is 6.87. The third-order valence-electron chi connectivity index (χ3n) is 9.47. The monoisotopic (exact) mass is 586 g/mol. The Morgan fingerprint density at radius 3 is 2.22 bits per heavy atom. The van der Waals surface area contributed by atoms with Crippen molar-refractivity contribution in [3.63, 3.8) is 0 Å². The number of hydrogen-bond acceptors (Lipinski definition) is 3. The van der Waals surface area contributed by atoms with Gasteiger partial charge in [0.25, 0.3) is 0 Å². The fourth-order valence-corrected chi connectivity index (χ4v) is 6.87. The summed E-state index contributed by atoms with van der Waals surface area (Å²) in [6.07, 6.45) is 4.90. The zero-order valence-corrected chi connectivity index (χ0v) is 26.9. The fraction of sp³-hybridized carbons (Fsp3) is 0.268. The SMILES string of the molecule is CC(C)(C)c1ccc2c(c1)-c1cc(C#N)ccc1N(c1cccc(-n3c4c(c5cc(C(C)(C)C)ccc53)CC(C#N)C=C4)c1)C2. The van der Waals surface area contributed by atoms with Crippen LogP contribution in [-0.4, -0.2) is 4.57 Å². The maximum atomic E-state index is 9.78. The molecule has 2 aliphatic rings. The Kier molecular flexibility index (Phi) is 6.54. The minimum atomic E-state index is -0.122. The van der Waals surface area contributed by atoms with Crippen LogP contribution in [0.1, 0.15) is 75.1 Å². The van der Waals surface area contributed by atoms with Crippen LogP contribution in [0.3, 0.4) is 0 Å². The van der Waals surface area contributed by atoms with E-state index in [1.54, 1.807) is 0 Å². The molecule has 4 aromatic carbocycles. The van der Waals surface area contributed by atoms with Gasteiger partial charge in [0.15, 0.2) is 0 Å². The van der Waals surface area contributed by atoms with E-state index in [2.05, 4.69) is 136 Å². The number of nitriles is 2. The Bertz CT molecular complexity index is 2110. The predicted molar refractivity (Wildman–Crippen MR) is 185 cm³/mol. The largest absolute Gasteiger partial charge is 0.336 e. The van der Waals surface area contributed by atoms with E-state index in [4.69, 9.17) is 0 Å².